The van der Waals surface area contributed by atoms with Crippen LogP contribution in [0.25, 0.3) is 10.9 Å². The molecule has 6 heteroatoms. The van der Waals surface area contributed by atoms with E-state index in [0.29, 0.717) is 13.2 Å². The van der Waals surface area contributed by atoms with E-state index in [0.717, 1.165) is 67.0 Å². The first-order chi connectivity index (χ1) is 15.6. The van der Waals surface area contributed by atoms with Crippen LogP contribution in [0.15, 0.2) is 41.2 Å². The van der Waals surface area contributed by atoms with Gasteiger partial charge in [0.25, 0.3) is 5.56 Å². The summed E-state index contributed by atoms with van der Waals surface area (Å²) in [6.45, 7) is 9.09. The van der Waals surface area contributed by atoms with E-state index in [-0.39, 0.29) is 11.6 Å². The molecule has 1 aliphatic heterocycles. The van der Waals surface area contributed by atoms with E-state index in [1.807, 2.05) is 37.3 Å². The molecule has 0 fully saturated rings. The molecule has 170 valence electrons. The number of rotatable bonds is 11. The number of para-hydroxylation sites is 2. The molecule has 1 unspecified atom stereocenters. The fourth-order valence-corrected chi connectivity index (χ4v) is 4.54. The lowest BCUT2D eigenvalue weighted by Crippen LogP contribution is -2.32. The first-order valence-electron chi connectivity index (χ1n) is 11.7. The maximum Gasteiger partial charge on any atom is 0.280 e. The molecular formula is C26H33N3O3. The highest BCUT2D eigenvalue weighted by molar-refractivity contribution is 5.84. The van der Waals surface area contributed by atoms with E-state index >= 15 is 0 Å². The van der Waals surface area contributed by atoms with Gasteiger partial charge in [-0.25, -0.2) is 0 Å². The topological polar surface area (TPSA) is 65.4 Å². The molecule has 0 bridgehead atoms. The van der Waals surface area contributed by atoms with Gasteiger partial charge in [0, 0.05) is 25.6 Å². The third-order valence-electron chi connectivity index (χ3n) is 5.91. The van der Waals surface area contributed by atoms with Crippen LogP contribution in [-0.2, 0) is 25.8 Å². The Kier molecular flexibility index (Phi) is 7.10. The summed E-state index contributed by atoms with van der Waals surface area (Å²) in [7, 11) is 0. The summed E-state index contributed by atoms with van der Waals surface area (Å²) in [5.41, 5.74) is 3.47. The lowest BCUT2D eigenvalue weighted by Gasteiger charge is -2.16. The molecule has 0 saturated carbocycles. The van der Waals surface area contributed by atoms with Gasteiger partial charge in [-0.1, -0.05) is 25.1 Å². The van der Waals surface area contributed by atoms with Crippen molar-refractivity contribution in [3.05, 3.63) is 63.7 Å². The van der Waals surface area contributed by atoms with E-state index in [9.17, 15) is 4.79 Å². The Morgan fingerprint density at radius 1 is 1.16 bits per heavy atom. The van der Waals surface area contributed by atoms with Crippen LogP contribution in [-0.4, -0.2) is 35.4 Å². The van der Waals surface area contributed by atoms with Gasteiger partial charge in [0.15, 0.2) is 11.5 Å². The van der Waals surface area contributed by atoms with E-state index in [1.54, 1.807) is 0 Å². The van der Waals surface area contributed by atoms with Gasteiger partial charge in [-0.15, -0.1) is 0 Å². The minimum absolute atomic E-state index is 0.0910. The first kappa shape index (κ1) is 22.3. The molecule has 6 nitrogen and oxygen atoms in total. The molecule has 1 aromatic heterocycles. The molecule has 1 N–H and O–H groups in total. The van der Waals surface area contributed by atoms with Gasteiger partial charge in [0.2, 0.25) is 0 Å². The second kappa shape index (κ2) is 10.2. The van der Waals surface area contributed by atoms with Crippen molar-refractivity contribution in [3.63, 3.8) is 0 Å². The second-order valence-electron chi connectivity index (χ2n) is 8.42. The Morgan fingerprint density at radius 2 is 1.94 bits per heavy atom. The normalized spacial score (nSPS) is 13.5. The average Bonchev–Trinajstić information content (AvgIpc) is 3.20. The molecule has 0 saturated heterocycles. The summed E-state index contributed by atoms with van der Waals surface area (Å²) in [6, 6.07) is 12.3. The number of aromatic nitrogens is 2. The number of aryl methyl sites for hydroxylation is 3. The third kappa shape index (κ3) is 4.80. The zero-order chi connectivity index (χ0) is 22.5. The van der Waals surface area contributed by atoms with Crippen molar-refractivity contribution in [1.29, 1.82) is 0 Å². The predicted molar refractivity (Wildman–Crippen MR) is 128 cm³/mol. The molecule has 0 spiro atoms. The van der Waals surface area contributed by atoms with E-state index in [1.165, 1.54) is 11.1 Å². The van der Waals surface area contributed by atoms with Crippen LogP contribution in [0.3, 0.4) is 0 Å². The van der Waals surface area contributed by atoms with Crippen LogP contribution in [0.4, 0.5) is 0 Å². The van der Waals surface area contributed by atoms with Gasteiger partial charge in [-0.3, -0.25) is 4.79 Å². The number of benzene rings is 2. The lowest BCUT2D eigenvalue weighted by molar-refractivity contribution is 0.272. The summed E-state index contributed by atoms with van der Waals surface area (Å²) >= 11 is 0. The van der Waals surface area contributed by atoms with Crippen LogP contribution in [0.1, 0.15) is 44.1 Å². The summed E-state index contributed by atoms with van der Waals surface area (Å²) in [4.78, 5) is 17.1. The van der Waals surface area contributed by atoms with Crippen molar-refractivity contribution < 1.29 is 9.47 Å². The lowest BCUT2D eigenvalue weighted by atomic mass is 10.0. The zero-order valence-electron chi connectivity index (χ0n) is 19.3. The first-order valence-corrected chi connectivity index (χ1v) is 11.7. The summed E-state index contributed by atoms with van der Waals surface area (Å²) in [5.74, 6) is 2.48. The van der Waals surface area contributed by atoms with Gasteiger partial charge >= 0.3 is 0 Å². The fraction of sp³-hybridized carbons (Fsp3) is 0.462. The summed E-state index contributed by atoms with van der Waals surface area (Å²) in [6.07, 6.45) is 3.68. The Labute approximate surface area is 189 Å². The number of hydrogen-bond donors (Lipinski definition) is 1. The van der Waals surface area contributed by atoms with Crippen molar-refractivity contribution in [1.82, 2.24) is 14.9 Å². The number of hydrogen-bond acceptors (Lipinski definition) is 5. The average molecular weight is 436 g/mol. The van der Waals surface area contributed by atoms with Gasteiger partial charge in [0.05, 0.1) is 17.5 Å². The van der Waals surface area contributed by atoms with Gasteiger partial charge < -0.3 is 19.4 Å². The van der Waals surface area contributed by atoms with Crippen LogP contribution in [0, 0.1) is 0 Å². The highest BCUT2D eigenvalue weighted by Gasteiger charge is 2.20. The van der Waals surface area contributed by atoms with E-state index in [2.05, 4.69) is 34.8 Å². The molecule has 2 aromatic carbocycles. The Bertz CT molecular complexity index is 1140. The Hall–Kier alpha value is -2.86. The molecule has 1 atom stereocenters. The minimum atomic E-state index is -0.0910. The zero-order valence-corrected chi connectivity index (χ0v) is 19.3. The van der Waals surface area contributed by atoms with Crippen molar-refractivity contribution in [3.8, 4) is 11.5 Å². The standard InChI is InChI=1S/C26H33N3O3/c1-4-8-24-28-26(30)21-17-19(16-20-11-13-29(24)25(20)21)15-18(3)27-12-14-32-23-10-7-6-9-22(23)31-5-2/h6-7,9-10,16-18,27H,4-5,8,11-15H2,1-3H3. The quantitative estimate of drug-likeness (QED) is 0.463. The smallest absolute Gasteiger partial charge is 0.280 e. The van der Waals surface area contributed by atoms with Crippen molar-refractivity contribution in [2.45, 2.75) is 59.0 Å². The molecule has 4 rings (SSSR count). The molecule has 1 aliphatic rings. The maximum absolute atomic E-state index is 12.7. The Morgan fingerprint density at radius 3 is 2.69 bits per heavy atom. The number of nitrogens with zero attached hydrogens (tertiary/aromatic N) is 2. The highest BCUT2D eigenvalue weighted by Crippen LogP contribution is 2.27. The van der Waals surface area contributed by atoms with Crippen LogP contribution < -0.4 is 20.3 Å². The van der Waals surface area contributed by atoms with Crippen molar-refractivity contribution in [2.24, 2.45) is 0 Å². The van der Waals surface area contributed by atoms with Gasteiger partial charge in [-0.05, 0) is 62.4 Å². The SMILES string of the molecule is CCCc1nc(=O)c2cc(CC(C)NCCOc3ccccc3OCC)cc3c2n1CC3. The molecule has 32 heavy (non-hydrogen) atoms. The molecule has 0 radical (unpaired) electrons. The van der Waals surface area contributed by atoms with Gasteiger partial charge in [-0.2, -0.15) is 4.98 Å². The molecule has 3 aromatic rings. The molecule has 0 aliphatic carbocycles. The Balaban J connectivity index is 1.38. The second-order valence-corrected chi connectivity index (χ2v) is 8.42. The maximum atomic E-state index is 12.7. The van der Waals surface area contributed by atoms with Crippen LogP contribution in [0.2, 0.25) is 0 Å². The summed E-state index contributed by atoms with van der Waals surface area (Å²) in [5, 5.41) is 4.29. The summed E-state index contributed by atoms with van der Waals surface area (Å²) < 4.78 is 13.8. The predicted octanol–water partition coefficient (Wildman–Crippen LogP) is 3.90. The fourth-order valence-electron chi connectivity index (χ4n) is 4.54. The largest absolute Gasteiger partial charge is 0.490 e. The van der Waals surface area contributed by atoms with Crippen LogP contribution >= 0.6 is 0 Å². The highest BCUT2D eigenvalue weighted by atomic mass is 16.5. The third-order valence-corrected chi connectivity index (χ3v) is 5.91. The molecular weight excluding hydrogens is 402 g/mol. The van der Waals surface area contributed by atoms with E-state index in [4.69, 9.17) is 9.47 Å². The minimum Gasteiger partial charge on any atom is -0.490 e. The van der Waals surface area contributed by atoms with E-state index < -0.39 is 0 Å². The number of ether oxygens (including phenoxy) is 2. The molecule has 2 heterocycles. The van der Waals surface area contributed by atoms with Crippen molar-refractivity contribution in [2.75, 3.05) is 19.8 Å². The molecule has 0 amide bonds. The monoisotopic (exact) mass is 435 g/mol. The van der Waals surface area contributed by atoms with Crippen LogP contribution in [0.5, 0.6) is 11.5 Å². The van der Waals surface area contributed by atoms with Crippen molar-refractivity contribution >= 4 is 10.9 Å². The number of nitrogens with one attached hydrogen (secondary N) is 1. The van der Waals surface area contributed by atoms with Gasteiger partial charge in [0.1, 0.15) is 12.4 Å².